The van der Waals surface area contributed by atoms with Gasteiger partial charge in [-0.1, -0.05) is 40.7 Å². The van der Waals surface area contributed by atoms with E-state index in [1.807, 2.05) is 13.8 Å². The molecule has 0 aliphatic carbocycles. The topological polar surface area (TPSA) is 360 Å². The summed E-state index contributed by atoms with van der Waals surface area (Å²) in [7, 11) is 0. The Balaban J connectivity index is 0.00000309. The second-order valence-corrected chi connectivity index (χ2v) is 19.4. The molecular formula is C47H59CoN6O14. The predicted molar refractivity (Wildman–Crippen MR) is 238 cm³/mol. The van der Waals surface area contributed by atoms with E-state index in [1.54, 1.807) is 47.6 Å². The van der Waals surface area contributed by atoms with Crippen LogP contribution in [0.1, 0.15) is 126 Å². The van der Waals surface area contributed by atoms with Gasteiger partial charge in [-0.2, -0.15) is 5.70 Å². The average Bonchev–Trinajstić information content (AvgIpc) is 3.83. The molecule has 0 radical (unpaired) electrons. The summed E-state index contributed by atoms with van der Waals surface area (Å²) in [4.78, 5) is 104. The molecule has 68 heavy (non-hydrogen) atoms. The van der Waals surface area contributed by atoms with Gasteiger partial charge in [-0.3, -0.25) is 48.5 Å². The van der Waals surface area contributed by atoms with Gasteiger partial charge < -0.3 is 64.7 Å². The van der Waals surface area contributed by atoms with E-state index in [0.717, 1.165) is 0 Å². The van der Waals surface area contributed by atoms with Crippen molar-refractivity contribution < 1.29 is 86.1 Å². The largest absolute Gasteiger partial charge is 3.00 e. The van der Waals surface area contributed by atoms with Crippen LogP contribution in [0.3, 0.4) is 0 Å². The number of hydrogen-bond donors (Lipinski definition) is 7. The first kappa shape index (κ1) is 57.9. The number of fused-ring (bicyclic) bond motifs is 6. The van der Waals surface area contributed by atoms with Crippen molar-refractivity contribution in [1.82, 2.24) is 0 Å². The zero-order valence-corrected chi connectivity index (χ0v) is 40.3. The van der Waals surface area contributed by atoms with Crippen molar-refractivity contribution in [3.63, 3.8) is 0 Å². The number of carboxylic acids is 7. The molecule has 0 aromatic carbocycles. The molecule has 0 spiro atoms. The van der Waals surface area contributed by atoms with E-state index in [9.17, 15) is 69.3 Å². The molecule has 21 heteroatoms. The normalized spacial score (nSPS) is 35.0. The van der Waals surface area contributed by atoms with E-state index in [2.05, 4.69) is 0 Å². The fourth-order valence-electron chi connectivity index (χ4n) is 11.6. The molecule has 7 N–H and O–H groups in total. The summed E-state index contributed by atoms with van der Waals surface area (Å²) < 4.78 is 0. The third kappa shape index (κ3) is 10.7. The maximum absolute atomic E-state index is 13.1. The molecule has 0 saturated carbocycles. The van der Waals surface area contributed by atoms with Crippen LogP contribution >= 0.6 is 0 Å². The minimum Gasteiger partial charge on any atom is -0.664 e. The van der Waals surface area contributed by atoms with Gasteiger partial charge in [-0.05, 0) is 68.9 Å². The molecule has 10 atom stereocenters. The number of aliphatic carboxylic acids is 7. The Morgan fingerprint density at radius 3 is 1.65 bits per heavy atom. The second-order valence-electron chi connectivity index (χ2n) is 19.4. The van der Waals surface area contributed by atoms with Gasteiger partial charge in [0.25, 0.3) is 0 Å². The van der Waals surface area contributed by atoms with E-state index < -0.39 is 131 Å². The summed E-state index contributed by atoms with van der Waals surface area (Å²) in [5.74, 6) is -11.7. The minimum absolute atomic E-state index is 0. The number of nitrogens with zero attached hydrogens (tertiary/aromatic N) is 6. The van der Waals surface area contributed by atoms with Crippen LogP contribution in [0.5, 0.6) is 0 Å². The van der Waals surface area contributed by atoms with Gasteiger partial charge in [0, 0.05) is 82.5 Å². The smallest absolute Gasteiger partial charge is 0.664 e. The third-order valence-corrected chi connectivity index (χ3v) is 15.2. The SMILES string of the molecule is C[C@]1([14CH3])C2=N/C(=C(/[14CH3])C3=N[C@H]([C@H](CC(=O)O)[C@@]3([14CH3])CCC(=O)O)[C@]3([14CH3])N=C(/C([14CH3])=C4\[N-]/C(=C\2)[C@@H](CCC(=O)O)[C@]4(C)CC(=O)O)[C@@H](CCC(=O)O)[C@]3(C)CC(=O)O)[C@H]1CCC(=O)O.[60Co+3].[C-]#N.[C-]#N. The van der Waals surface area contributed by atoms with E-state index in [-0.39, 0.29) is 66.7 Å². The fraction of sp³-hybridized carbons (Fsp3) is 0.617. The zero-order chi connectivity index (χ0) is 51.4. The van der Waals surface area contributed by atoms with Gasteiger partial charge in [0.05, 0.1) is 30.8 Å². The van der Waals surface area contributed by atoms with Crippen LogP contribution in [0.15, 0.2) is 49.3 Å². The van der Waals surface area contributed by atoms with Crippen molar-refractivity contribution in [2.75, 3.05) is 0 Å². The van der Waals surface area contributed by atoms with Gasteiger partial charge in [0.1, 0.15) is 0 Å². The number of carbonyl (C=O) groups is 7. The van der Waals surface area contributed by atoms with Crippen LogP contribution in [0.25, 0.3) is 5.32 Å². The quantitative estimate of drug-likeness (QED) is 0.0687. The fourth-order valence-corrected chi connectivity index (χ4v) is 11.6. The number of allylic oxidation sites excluding steroid dienone is 6. The third-order valence-electron chi connectivity index (χ3n) is 15.2. The van der Waals surface area contributed by atoms with Crippen LogP contribution in [-0.4, -0.2) is 106 Å². The zero-order valence-electron chi connectivity index (χ0n) is 39.2. The Kier molecular flexibility index (Phi) is 18.6. The first-order valence-electron chi connectivity index (χ1n) is 21.7. The van der Waals surface area contributed by atoms with Crippen LogP contribution in [0, 0.1) is 69.0 Å². The molecule has 0 aromatic rings. The summed E-state index contributed by atoms with van der Waals surface area (Å²) in [5, 5.41) is 89.2. The number of aliphatic imine (C=N–C) groups is 3. The molecular weight excluding hydrogens is 942 g/mol. The Morgan fingerprint density at radius 1 is 0.691 bits per heavy atom. The molecule has 5 aliphatic rings. The van der Waals surface area contributed by atoms with Crippen LogP contribution in [0.2, 0.25) is 0 Å². The maximum atomic E-state index is 13.1. The Morgan fingerprint density at radius 2 is 1.18 bits per heavy atom. The molecule has 1 saturated heterocycles. The standard InChI is InChI=1S/C45H60N4O14.2CN.Co/c1-21-36-24(10-13-30(52)53)41(3,4)28(47-36)18-27-23(9-12-29(50)51)43(6,19-34(60)61)39(46-27)22(2)37-25(11-14-31(54)55)44(7,20-35(62)63)45(8,49-37)40-26(17-33(58)59)42(5,38(21)48-40)16-15-32(56)57;2*1-2;/h18,23-26,40H,9-17,19-20H2,1-8H3,(H8,46,47,48,49,50,51,52,53,54,55,56,57,58,59,60,61,62,63);;;/q;2*-1;+3/p-1/t23-,24-,25-,26+,40-,42-,43+,44+,45+;;;/m1.../s1/i1+2,2+2,3+2,5+2,8+2;;;1+1/t23-,24-,25-,26+,40-,41+,42-,43+,44+,45+;;;. The number of carboxylic acid groups (broad SMARTS) is 7. The Labute approximate surface area is 404 Å². The van der Waals surface area contributed by atoms with Gasteiger partial charge >= 0.3 is 58.6 Å². The second kappa shape index (κ2) is 21.8. The maximum Gasteiger partial charge on any atom is 3.00 e. The van der Waals surface area contributed by atoms with Gasteiger partial charge in [0.15, 0.2) is 0 Å². The van der Waals surface area contributed by atoms with Crippen LogP contribution in [0.4, 0.5) is 0 Å². The molecule has 370 valence electrons. The average molecular weight is 1000 g/mol. The van der Waals surface area contributed by atoms with Crippen molar-refractivity contribution in [1.29, 1.82) is 10.5 Å². The van der Waals surface area contributed by atoms with E-state index in [1.165, 1.54) is 0 Å². The summed E-state index contributed by atoms with van der Waals surface area (Å²) in [6.07, 6.45) is -1.65. The molecule has 0 unspecified atom stereocenters. The molecule has 0 amide bonds. The summed E-state index contributed by atoms with van der Waals surface area (Å²) in [5.41, 5.74) is -4.11. The molecule has 0 aromatic heterocycles. The van der Waals surface area contributed by atoms with E-state index in [0.29, 0.717) is 34.0 Å². The van der Waals surface area contributed by atoms with Crippen LogP contribution in [-0.2, 0) is 50.3 Å². The van der Waals surface area contributed by atoms with Crippen molar-refractivity contribution >= 4 is 58.9 Å². The summed E-state index contributed by atoms with van der Waals surface area (Å²) >= 11 is 0. The van der Waals surface area contributed by atoms with Crippen molar-refractivity contribution in [2.24, 2.45) is 60.3 Å². The van der Waals surface area contributed by atoms with E-state index >= 15 is 0 Å². The van der Waals surface area contributed by atoms with Gasteiger partial charge in [-0.25, -0.2) is 0 Å². The first-order chi connectivity index (χ1) is 31.0. The molecule has 20 nitrogen and oxygen atoms in total. The molecule has 8 bridgehead atoms. The Hall–Kier alpha value is -6.19. The van der Waals surface area contributed by atoms with Crippen molar-refractivity contribution in [3.8, 4) is 0 Å². The molecule has 5 rings (SSSR count). The molecule has 1 fully saturated rings. The van der Waals surface area contributed by atoms with Crippen molar-refractivity contribution in [2.45, 2.75) is 138 Å². The van der Waals surface area contributed by atoms with Gasteiger partial charge in [0.2, 0.25) is 0 Å². The van der Waals surface area contributed by atoms with Gasteiger partial charge in [-0.15, -0.1) is 5.70 Å². The number of rotatable bonds is 18. The summed E-state index contributed by atoms with van der Waals surface area (Å²) in [6.45, 7) is 23.3. The predicted octanol–water partition coefficient (Wildman–Crippen LogP) is 6.89. The van der Waals surface area contributed by atoms with Crippen molar-refractivity contribution in [3.05, 3.63) is 52.8 Å². The minimum atomic E-state index is -1.64. The molecule has 5 aliphatic heterocycles. The summed E-state index contributed by atoms with van der Waals surface area (Å²) in [6, 6.07) is -1.16. The van der Waals surface area contributed by atoms with Crippen LogP contribution < -0.4 is 0 Å². The van der Waals surface area contributed by atoms with E-state index in [4.69, 9.17) is 44.0 Å². The monoisotopic (exact) mass is 1000 g/mol. The first-order valence-corrected chi connectivity index (χ1v) is 21.7. The Bertz CT molecular complexity index is 2320. The molecule has 5 heterocycles. The number of hydrogen-bond acceptors (Lipinski definition) is 12.